The molecule has 1 atom stereocenters. The zero-order valence-corrected chi connectivity index (χ0v) is 10.3. The monoisotopic (exact) mass is 259 g/mol. The molecule has 0 spiro atoms. The fraction of sp³-hybridized carbons (Fsp3) is 0.0909. The van der Waals surface area contributed by atoms with Crippen molar-refractivity contribution in [3.63, 3.8) is 0 Å². The van der Waals surface area contributed by atoms with Crippen LogP contribution < -0.4 is 0 Å². The van der Waals surface area contributed by atoms with Gasteiger partial charge in [0.05, 0.1) is 5.39 Å². The van der Waals surface area contributed by atoms with E-state index in [4.69, 9.17) is 0 Å². The number of fused-ring (bicyclic) bond motifs is 1. The number of aromatic nitrogens is 5. The first kappa shape index (κ1) is 11.1. The number of hydrogen-bond donors (Lipinski definition) is 1. The van der Waals surface area contributed by atoms with E-state index in [1.54, 1.807) is 24.7 Å². The summed E-state index contributed by atoms with van der Waals surface area (Å²) in [7, 11) is 0. The molecular weight excluding hydrogens is 250 g/mol. The summed E-state index contributed by atoms with van der Waals surface area (Å²) in [5.41, 5.74) is 1.30. The second-order valence-corrected chi connectivity index (χ2v) is 4.97. The molecule has 0 saturated carbocycles. The fourth-order valence-corrected chi connectivity index (χ4v) is 2.11. The lowest BCUT2D eigenvalue weighted by Crippen LogP contribution is -2.02. The van der Waals surface area contributed by atoms with Crippen LogP contribution in [0.1, 0.15) is 0 Å². The van der Waals surface area contributed by atoms with Crippen LogP contribution in [0.5, 0.6) is 0 Å². The van der Waals surface area contributed by atoms with E-state index in [2.05, 4.69) is 25.1 Å². The molecule has 0 bridgehead atoms. The van der Waals surface area contributed by atoms with Crippen molar-refractivity contribution in [3.05, 3.63) is 30.6 Å². The molecule has 0 radical (unpaired) electrons. The van der Waals surface area contributed by atoms with Crippen LogP contribution in [-0.4, -0.2) is 36.0 Å². The molecule has 18 heavy (non-hydrogen) atoms. The Hall–Kier alpha value is -1.99. The number of nitrogens with zero attached hydrogens (tertiary/aromatic N) is 4. The smallest absolute Gasteiger partial charge is 0.247 e. The van der Waals surface area contributed by atoms with E-state index in [1.165, 1.54) is 0 Å². The van der Waals surface area contributed by atoms with Gasteiger partial charge in [-0.15, -0.1) is 0 Å². The normalized spacial score (nSPS) is 12.8. The summed E-state index contributed by atoms with van der Waals surface area (Å²) in [5.74, 6) is 0.446. The molecule has 0 aliphatic carbocycles. The average Bonchev–Trinajstić information content (AvgIpc) is 2.82. The van der Waals surface area contributed by atoms with Gasteiger partial charge in [-0.3, -0.25) is 5.10 Å². The van der Waals surface area contributed by atoms with Gasteiger partial charge in [-0.1, -0.05) is 0 Å². The minimum absolute atomic E-state index is 0.446. The van der Waals surface area contributed by atoms with Crippen molar-refractivity contribution >= 4 is 22.2 Å². The van der Waals surface area contributed by atoms with E-state index in [0.29, 0.717) is 22.2 Å². The molecule has 3 heterocycles. The molecule has 6 nitrogen and oxygen atoms in total. The van der Waals surface area contributed by atoms with E-state index in [-0.39, 0.29) is 0 Å². The van der Waals surface area contributed by atoms with Crippen LogP contribution in [-0.2, 0) is 11.2 Å². The molecule has 3 rings (SSSR count). The standard InChI is InChI=1S/C11H9N5OS/c1-18(17)8-4-6-13-11(14-8)9-7-3-2-5-12-10(7)16-15-9/h2-6H,1H3,(H,12,15,16). The van der Waals surface area contributed by atoms with E-state index in [9.17, 15) is 4.55 Å². The Morgan fingerprint density at radius 3 is 2.94 bits per heavy atom. The number of H-pyrrole nitrogens is 1. The maximum Gasteiger partial charge on any atom is 0.247 e. The van der Waals surface area contributed by atoms with Gasteiger partial charge in [0.15, 0.2) is 11.5 Å². The molecule has 3 aromatic rings. The maximum atomic E-state index is 11.4. The number of nitrogens with one attached hydrogen (secondary N) is 1. The van der Waals surface area contributed by atoms with E-state index < -0.39 is 11.2 Å². The highest BCUT2D eigenvalue weighted by molar-refractivity contribution is 7.90. The molecule has 0 aromatic carbocycles. The van der Waals surface area contributed by atoms with Gasteiger partial charge in [0.1, 0.15) is 11.9 Å². The summed E-state index contributed by atoms with van der Waals surface area (Å²) in [6.07, 6.45) is 4.84. The van der Waals surface area contributed by atoms with Gasteiger partial charge in [-0.25, -0.2) is 9.97 Å². The van der Waals surface area contributed by atoms with Gasteiger partial charge in [-0.05, 0) is 12.1 Å². The quantitative estimate of drug-likeness (QED) is 0.550. The summed E-state index contributed by atoms with van der Waals surface area (Å²) >= 11 is -1.14. The van der Waals surface area contributed by atoms with Gasteiger partial charge >= 0.3 is 0 Å². The van der Waals surface area contributed by atoms with Crippen molar-refractivity contribution in [1.29, 1.82) is 0 Å². The predicted octanol–water partition coefficient (Wildman–Crippen LogP) is 1.15. The Morgan fingerprint density at radius 1 is 1.22 bits per heavy atom. The molecule has 0 fully saturated rings. The van der Waals surface area contributed by atoms with Gasteiger partial charge in [-0.2, -0.15) is 10.1 Å². The number of hydrogen-bond acceptors (Lipinski definition) is 5. The van der Waals surface area contributed by atoms with Gasteiger partial charge in [0.2, 0.25) is 5.03 Å². The van der Waals surface area contributed by atoms with Crippen LogP contribution in [0.2, 0.25) is 0 Å². The summed E-state index contributed by atoms with van der Waals surface area (Å²) in [5, 5.41) is 8.30. The van der Waals surface area contributed by atoms with Crippen LogP contribution in [0.15, 0.2) is 35.6 Å². The predicted molar refractivity (Wildman–Crippen MR) is 67.2 cm³/mol. The van der Waals surface area contributed by atoms with Crippen molar-refractivity contribution in [1.82, 2.24) is 25.1 Å². The summed E-state index contributed by atoms with van der Waals surface area (Å²) in [6.45, 7) is 0. The zero-order chi connectivity index (χ0) is 12.5. The molecule has 0 saturated heterocycles. The molecule has 0 amide bonds. The van der Waals surface area contributed by atoms with Gasteiger partial charge in [0.25, 0.3) is 0 Å². The van der Waals surface area contributed by atoms with E-state index in [1.807, 2.05) is 12.1 Å². The minimum atomic E-state index is -1.14. The lowest BCUT2D eigenvalue weighted by Gasteiger charge is -2.03. The Kier molecular flexibility index (Phi) is 2.69. The Morgan fingerprint density at radius 2 is 2.11 bits per heavy atom. The third-order valence-corrected chi connectivity index (χ3v) is 3.29. The first-order chi connectivity index (χ1) is 8.75. The van der Waals surface area contributed by atoms with Crippen molar-refractivity contribution in [2.75, 3.05) is 6.26 Å². The van der Waals surface area contributed by atoms with Crippen molar-refractivity contribution in [2.24, 2.45) is 0 Å². The molecular formula is C11H9N5OS. The van der Waals surface area contributed by atoms with Crippen molar-refractivity contribution in [2.45, 2.75) is 5.03 Å². The highest BCUT2D eigenvalue weighted by Crippen LogP contribution is 2.22. The van der Waals surface area contributed by atoms with E-state index in [0.717, 1.165) is 5.39 Å². The van der Waals surface area contributed by atoms with E-state index >= 15 is 0 Å². The largest absolute Gasteiger partial charge is 0.610 e. The molecule has 3 aromatic heterocycles. The molecule has 0 aliphatic heterocycles. The molecule has 7 heteroatoms. The van der Waals surface area contributed by atoms with Crippen LogP contribution in [0.25, 0.3) is 22.6 Å². The molecule has 1 unspecified atom stereocenters. The summed E-state index contributed by atoms with van der Waals surface area (Å²) < 4.78 is 11.4. The van der Waals surface area contributed by atoms with Crippen LogP contribution >= 0.6 is 0 Å². The Balaban J connectivity index is 2.17. The second-order valence-electron chi connectivity index (χ2n) is 3.64. The number of aromatic amines is 1. The Bertz CT molecular complexity index is 696. The molecule has 0 aliphatic rings. The maximum absolute atomic E-state index is 11.4. The third-order valence-electron chi connectivity index (χ3n) is 2.47. The molecule has 90 valence electrons. The SMILES string of the molecule is C[S+]([O-])c1ccnc(-c2n[nH]c3ncccc23)n1. The second kappa shape index (κ2) is 4.35. The number of pyridine rings is 1. The highest BCUT2D eigenvalue weighted by Gasteiger charge is 2.14. The van der Waals surface area contributed by atoms with Crippen LogP contribution in [0.3, 0.4) is 0 Å². The first-order valence-corrected chi connectivity index (χ1v) is 6.77. The lowest BCUT2D eigenvalue weighted by atomic mass is 10.2. The first-order valence-electron chi connectivity index (χ1n) is 5.21. The topological polar surface area (TPSA) is 90.4 Å². The summed E-state index contributed by atoms with van der Waals surface area (Å²) in [6, 6.07) is 5.34. The summed E-state index contributed by atoms with van der Waals surface area (Å²) in [4.78, 5) is 12.6. The minimum Gasteiger partial charge on any atom is -0.610 e. The van der Waals surface area contributed by atoms with Gasteiger partial charge < -0.3 is 4.55 Å². The number of rotatable bonds is 2. The Labute approximate surface area is 106 Å². The molecule has 1 N–H and O–H groups in total. The van der Waals surface area contributed by atoms with Crippen molar-refractivity contribution in [3.8, 4) is 11.5 Å². The highest BCUT2D eigenvalue weighted by atomic mass is 32.2. The zero-order valence-electron chi connectivity index (χ0n) is 9.49. The third kappa shape index (κ3) is 1.83. The van der Waals surface area contributed by atoms with Crippen LogP contribution in [0.4, 0.5) is 0 Å². The van der Waals surface area contributed by atoms with Crippen molar-refractivity contribution < 1.29 is 4.55 Å². The van der Waals surface area contributed by atoms with Crippen LogP contribution in [0, 0.1) is 0 Å². The lowest BCUT2D eigenvalue weighted by molar-refractivity contribution is 0.597. The van der Waals surface area contributed by atoms with Gasteiger partial charge in [0, 0.05) is 29.6 Å². The fourth-order valence-electron chi connectivity index (χ4n) is 1.64. The average molecular weight is 259 g/mol.